The Morgan fingerprint density at radius 1 is 1.32 bits per heavy atom. The first-order valence-corrected chi connectivity index (χ1v) is 8.25. The number of halogens is 1. The SMILES string of the molecule is CCCCS(=O)(=O)NCC(C)(O)c1ccc(Cl)cc1. The normalized spacial score (nSPS) is 15.2. The smallest absolute Gasteiger partial charge is 0.211 e. The molecule has 0 bridgehead atoms. The van der Waals surface area contributed by atoms with Crippen molar-refractivity contribution in [2.24, 2.45) is 0 Å². The predicted octanol–water partition coefficient (Wildman–Crippen LogP) is 2.27. The zero-order valence-corrected chi connectivity index (χ0v) is 12.8. The van der Waals surface area contributed by atoms with Gasteiger partial charge < -0.3 is 5.11 Å². The quantitative estimate of drug-likeness (QED) is 0.812. The van der Waals surface area contributed by atoms with Crippen molar-refractivity contribution in [2.75, 3.05) is 12.3 Å². The Morgan fingerprint density at radius 3 is 2.42 bits per heavy atom. The van der Waals surface area contributed by atoms with E-state index < -0.39 is 15.6 Å². The van der Waals surface area contributed by atoms with Crippen molar-refractivity contribution in [3.63, 3.8) is 0 Å². The minimum absolute atomic E-state index is 0.0549. The lowest BCUT2D eigenvalue weighted by Crippen LogP contribution is -2.39. The van der Waals surface area contributed by atoms with Gasteiger partial charge in [0.15, 0.2) is 0 Å². The number of nitrogens with one attached hydrogen (secondary N) is 1. The van der Waals surface area contributed by atoms with Gasteiger partial charge in [-0.25, -0.2) is 13.1 Å². The van der Waals surface area contributed by atoms with Gasteiger partial charge in [-0.05, 0) is 31.0 Å². The van der Waals surface area contributed by atoms with Crippen molar-refractivity contribution in [1.82, 2.24) is 4.72 Å². The van der Waals surface area contributed by atoms with Crippen LogP contribution in [-0.2, 0) is 15.6 Å². The highest BCUT2D eigenvalue weighted by Gasteiger charge is 2.25. The molecule has 0 aliphatic heterocycles. The Kier molecular flexibility index (Phi) is 5.80. The molecule has 1 unspecified atom stereocenters. The highest BCUT2D eigenvalue weighted by Crippen LogP contribution is 2.21. The lowest BCUT2D eigenvalue weighted by Gasteiger charge is -2.24. The highest BCUT2D eigenvalue weighted by molar-refractivity contribution is 7.89. The molecule has 0 aliphatic carbocycles. The Labute approximate surface area is 119 Å². The number of unbranched alkanes of at least 4 members (excludes halogenated alkanes) is 1. The van der Waals surface area contributed by atoms with Crippen LogP contribution in [0.4, 0.5) is 0 Å². The molecular weight excluding hydrogens is 286 g/mol. The lowest BCUT2D eigenvalue weighted by molar-refractivity contribution is 0.0627. The van der Waals surface area contributed by atoms with E-state index in [-0.39, 0.29) is 12.3 Å². The second-order valence-corrected chi connectivity index (χ2v) is 7.14. The van der Waals surface area contributed by atoms with Gasteiger partial charge in [0.2, 0.25) is 10.0 Å². The molecule has 19 heavy (non-hydrogen) atoms. The molecular formula is C13H20ClNO3S. The van der Waals surface area contributed by atoms with Gasteiger partial charge in [-0.2, -0.15) is 0 Å². The van der Waals surface area contributed by atoms with Crippen molar-refractivity contribution in [3.8, 4) is 0 Å². The number of benzene rings is 1. The fourth-order valence-electron chi connectivity index (χ4n) is 1.57. The average molecular weight is 306 g/mol. The van der Waals surface area contributed by atoms with E-state index in [9.17, 15) is 13.5 Å². The van der Waals surface area contributed by atoms with Crippen molar-refractivity contribution < 1.29 is 13.5 Å². The fourth-order valence-corrected chi connectivity index (χ4v) is 3.01. The van der Waals surface area contributed by atoms with Crippen molar-refractivity contribution >= 4 is 21.6 Å². The molecule has 2 N–H and O–H groups in total. The number of hydrogen-bond acceptors (Lipinski definition) is 3. The molecule has 0 saturated heterocycles. The summed E-state index contributed by atoms with van der Waals surface area (Å²) in [5.41, 5.74) is -0.640. The topological polar surface area (TPSA) is 66.4 Å². The lowest BCUT2D eigenvalue weighted by atomic mass is 9.97. The van der Waals surface area contributed by atoms with Gasteiger partial charge in [0, 0.05) is 11.6 Å². The molecule has 1 rings (SSSR count). The summed E-state index contributed by atoms with van der Waals surface area (Å²) in [5.74, 6) is 0.0835. The second-order valence-electron chi connectivity index (χ2n) is 4.77. The number of hydrogen-bond donors (Lipinski definition) is 2. The van der Waals surface area contributed by atoms with Gasteiger partial charge in [0.1, 0.15) is 5.60 Å². The van der Waals surface area contributed by atoms with E-state index in [0.717, 1.165) is 6.42 Å². The summed E-state index contributed by atoms with van der Waals surface area (Å²) in [6.07, 6.45) is 1.42. The Balaban J connectivity index is 2.67. The molecule has 0 fully saturated rings. The zero-order chi connectivity index (χ0) is 14.5. The minimum Gasteiger partial charge on any atom is -0.384 e. The van der Waals surface area contributed by atoms with E-state index >= 15 is 0 Å². The zero-order valence-electron chi connectivity index (χ0n) is 11.2. The summed E-state index contributed by atoms with van der Waals surface area (Å²) in [6, 6.07) is 6.69. The van der Waals surface area contributed by atoms with E-state index in [1.807, 2.05) is 6.92 Å². The molecule has 6 heteroatoms. The van der Waals surface area contributed by atoms with Crippen LogP contribution >= 0.6 is 11.6 Å². The van der Waals surface area contributed by atoms with Crippen LogP contribution in [0.25, 0.3) is 0 Å². The Hall–Kier alpha value is -0.620. The van der Waals surface area contributed by atoms with E-state index in [1.165, 1.54) is 0 Å². The van der Waals surface area contributed by atoms with Crippen LogP contribution in [-0.4, -0.2) is 25.8 Å². The average Bonchev–Trinajstić information content (AvgIpc) is 2.35. The Morgan fingerprint density at radius 2 is 1.89 bits per heavy atom. The van der Waals surface area contributed by atoms with Gasteiger partial charge in [-0.1, -0.05) is 37.1 Å². The molecule has 108 valence electrons. The first-order chi connectivity index (χ1) is 8.77. The third kappa shape index (κ3) is 5.48. The third-order valence-corrected chi connectivity index (χ3v) is 4.53. The van der Waals surface area contributed by atoms with Crippen LogP contribution in [0.3, 0.4) is 0 Å². The second kappa shape index (κ2) is 6.70. The summed E-state index contributed by atoms with van der Waals surface area (Å²) in [7, 11) is -3.33. The van der Waals surface area contributed by atoms with Crippen LogP contribution in [0.2, 0.25) is 5.02 Å². The summed E-state index contributed by atoms with van der Waals surface area (Å²) in [5, 5.41) is 10.9. The van der Waals surface area contributed by atoms with Crippen LogP contribution in [0.15, 0.2) is 24.3 Å². The summed E-state index contributed by atoms with van der Waals surface area (Å²) < 4.78 is 25.8. The molecule has 4 nitrogen and oxygen atoms in total. The van der Waals surface area contributed by atoms with Crippen LogP contribution in [0.5, 0.6) is 0 Å². The van der Waals surface area contributed by atoms with Crippen molar-refractivity contribution in [1.29, 1.82) is 0 Å². The summed E-state index contributed by atoms with van der Waals surface area (Å²) in [6.45, 7) is 3.44. The maximum Gasteiger partial charge on any atom is 0.211 e. The number of aliphatic hydroxyl groups is 1. The van der Waals surface area contributed by atoms with E-state index in [0.29, 0.717) is 17.0 Å². The Bertz CT molecular complexity index is 497. The third-order valence-electron chi connectivity index (χ3n) is 2.87. The maximum atomic E-state index is 11.7. The summed E-state index contributed by atoms with van der Waals surface area (Å²) in [4.78, 5) is 0. The molecule has 0 radical (unpaired) electrons. The minimum atomic E-state index is -3.33. The molecule has 0 amide bonds. The molecule has 0 saturated carbocycles. The van der Waals surface area contributed by atoms with Crippen LogP contribution in [0, 0.1) is 0 Å². The standard InChI is InChI=1S/C13H20ClNO3S/c1-3-4-9-19(17,18)15-10-13(2,16)11-5-7-12(14)8-6-11/h5-8,15-16H,3-4,9-10H2,1-2H3. The maximum absolute atomic E-state index is 11.7. The number of rotatable bonds is 7. The van der Waals surface area contributed by atoms with Gasteiger partial charge in [-0.15, -0.1) is 0 Å². The first-order valence-electron chi connectivity index (χ1n) is 6.22. The van der Waals surface area contributed by atoms with Gasteiger partial charge >= 0.3 is 0 Å². The highest BCUT2D eigenvalue weighted by atomic mass is 35.5. The van der Waals surface area contributed by atoms with E-state index in [2.05, 4.69) is 4.72 Å². The van der Waals surface area contributed by atoms with Gasteiger partial charge in [0.25, 0.3) is 0 Å². The molecule has 1 aromatic carbocycles. The van der Waals surface area contributed by atoms with E-state index in [4.69, 9.17) is 11.6 Å². The van der Waals surface area contributed by atoms with Crippen LogP contribution < -0.4 is 4.72 Å². The largest absolute Gasteiger partial charge is 0.384 e. The van der Waals surface area contributed by atoms with Crippen molar-refractivity contribution in [3.05, 3.63) is 34.9 Å². The molecule has 1 atom stereocenters. The number of sulfonamides is 1. The monoisotopic (exact) mass is 305 g/mol. The molecule has 0 aromatic heterocycles. The molecule has 0 spiro atoms. The van der Waals surface area contributed by atoms with Gasteiger partial charge in [-0.3, -0.25) is 0 Å². The summed E-state index contributed by atoms with van der Waals surface area (Å²) >= 11 is 5.78. The first kappa shape index (κ1) is 16.4. The molecule has 0 heterocycles. The van der Waals surface area contributed by atoms with Crippen molar-refractivity contribution in [2.45, 2.75) is 32.3 Å². The predicted molar refractivity (Wildman–Crippen MR) is 77.7 cm³/mol. The van der Waals surface area contributed by atoms with E-state index in [1.54, 1.807) is 31.2 Å². The molecule has 0 aliphatic rings. The fraction of sp³-hybridized carbons (Fsp3) is 0.538. The van der Waals surface area contributed by atoms with Crippen LogP contribution in [0.1, 0.15) is 32.3 Å². The van der Waals surface area contributed by atoms with Gasteiger partial charge in [0.05, 0.1) is 5.75 Å². The molecule has 1 aromatic rings.